The zero-order valence-electron chi connectivity index (χ0n) is 14.2. The summed E-state index contributed by atoms with van der Waals surface area (Å²) < 4.78 is 17.4. The molecular formula is C19H13N3O5. The van der Waals surface area contributed by atoms with E-state index in [9.17, 15) is 9.90 Å². The van der Waals surface area contributed by atoms with Gasteiger partial charge >= 0.3 is 0 Å². The fourth-order valence-corrected chi connectivity index (χ4v) is 3.15. The first-order chi connectivity index (χ1) is 13.1. The molecule has 0 aliphatic carbocycles. The van der Waals surface area contributed by atoms with E-state index in [0.717, 1.165) is 0 Å². The summed E-state index contributed by atoms with van der Waals surface area (Å²) in [6.45, 7) is 0.164. The van der Waals surface area contributed by atoms with Crippen LogP contribution in [0.3, 0.4) is 0 Å². The third kappa shape index (κ3) is 2.27. The molecule has 8 nitrogen and oxygen atoms in total. The lowest BCUT2D eigenvalue weighted by molar-refractivity contribution is 0.174. The van der Waals surface area contributed by atoms with E-state index < -0.39 is 5.56 Å². The molecule has 5 rings (SSSR count). The molecule has 1 aliphatic rings. The van der Waals surface area contributed by atoms with Gasteiger partial charge in [-0.15, -0.1) is 0 Å². The van der Waals surface area contributed by atoms with Crippen molar-refractivity contribution in [2.75, 3.05) is 6.79 Å². The molecule has 1 aliphatic heterocycles. The molecule has 2 aromatic carbocycles. The van der Waals surface area contributed by atoms with Crippen LogP contribution < -0.4 is 15.0 Å². The van der Waals surface area contributed by atoms with Crippen LogP contribution >= 0.6 is 0 Å². The maximum absolute atomic E-state index is 12.7. The Kier molecular flexibility index (Phi) is 3.20. The summed E-state index contributed by atoms with van der Waals surface area (Å²) in [5, 5.41) is 15.1. The maximum atomic E-state index is 12.7. The van der Waals surface area contributed by atoms with E-state index in [1.807, 2.05) is 0 Å². The van der Waals surface area contributed by atoms with Crippen molar-refractivity contribution in [3.05, 3.63) is 52.8 Å². The Labute approximate surface area is 152 Å². The van der Waals surface area contributed by atoms with Crippen molar-refractivity contribution in [1.82, 2.24) is 14.7 Å². The minimum atomic E-state index is -0.424. The van der Waals surface area contributed by atoms with Crippen LogP contribution in [-0.4, -0.2) is 26.6 Å². The summed E-state index contributed by atoms with van der Waals surface area (Å²) in [4.78, 5) is 17.0. The van der Waals surface area contributed by atoms with Crippen LogP contribution in [0.2, 0.25) is 0 Å². The van der Waals surface area contributed by atoms with Crippen LogP contribution in [0.1, 0.15) is 0 Å². The third-order valence-corrected chi connectivity index (χ3v) is 4.55. The van der Waals surface area contributed by atoms with Crippen molar-refractivity contribution in [2.24, 2.45) is 7.05 Å². The molecule has 0 bridgehead atoms. The SMILES string of the molecule is Cn1c(=O)c(-c2nc(-c3ccc4c(c3)OCO4)no2)c(O)c2ccccc21. The fourth-order valence-electron chi connectivity index (χ4n) is 3.15. The number of aromatic nitrogens is 3. The number of pyridine rings is 1. The normalized spacial score (nSPS) is 12.6. The molecule has 0 saturated carbocycles. The maximum Gasteiger partial charge on any atom is 0.267 e. The lowest BCUT2D eigenvalue weighted by Gasteiger charge is -2.09. The Balaban J connectivity index is 1.66. The molecule has 134 valence electrons. The first kappa shape index (κ1) is 15.4. The lowest BCUT2D eigenvalue weighted by atomic mass is 10.1. The molecule has 27 heavy (non-hydrogen) atoms. The van der Waals surface area contributed by atoms with Gasteiger partial charge in [0.2, 0.25) is 12.6 Å². The van der Waals surface area contributed by atoms with Crippen molar-refractivity contribution in [1.29, 1.82) is 0 Å². The summed E-state index contributed by atoms with van der Waals surface area (Å²) in [5.41, 5.74) is 0.799. The van der Waals surface area contributed by atoms with Crippen molar-refractivity contribution >= 4 is 10.9 Å². The van der Waals surface area contributed by atoms with E-state index in [-0.39, 0.29) is 29.8 Å². The number of hydrogen-bond acceptors (Lipinski definition) is 7. The Hall–Kier alpha value is -3.81. The van der Waals surface area contributed by atoms with E-state index in [2.05, 4.69) is 10.1 Å². The number of ether oxygens (including phenoxy) is 2. The van der Waals surface area contributed by atoms with Crippen LogP contribution in [0.4, 0.5) is 0 Å². The van der Waals surface area contributed by atoms with Gasteiger partial charge in [-0.25, -0.2) is 0 Å². The van der Waals surface area contributed by atoms with Gasteiger partial charge in [-0.1, -0.05) is 17.3 Å². The fraction of sp³-hybridized carbons (Fsp3) is 0.105. The molecule has 2 aromatic heterocycles. The van der Waals surface area contributed by atoms with Gasteiger partial charge < -0.3 is 23.7 Å². The summed E-state index contributed by atoms with van der Waals surface area (Å²) in [5.74, 6) is 1.27. The molecular weight excluding hydrogens is 350 g/mol. The van der Waals surface area contributed by atoms with Gasteiger partial charge in [-0.05, 0) is 30.3 Å². The lowest BCUT2D eigenvalue weighted by Crippen LogP contribution is -2.19. The van der Waals surface area contributed by atoms with Gasteiger partial charge in [0.15, 0.2) is 11.5 Å². The largest absolute Gasteiger partial charge is 0.506 e. The number of fused-ring (bicyclic) bond motifs is 2. The smallest absolute Gasteiger partial charge is 0.267 e. The molecule has 4 aromatic rings. The van der Waals surface area contributed by atoms with Gasteiger partial charge in [0, 0.05) is 18.0 Å². The van der Waals surface area contributed by atoms with Gasteiger partial charge in [0.25, 0.3) is 11.4 Å². The molecule has 0 fully saturated rings. The molecule has 3 heterocycles. The van der Waals surface area contributed by atoms with Crippen molar-refractivity contribution in [3.8, 4) is 40.1 Å². The van der Waals surface area contributed by atoms with Gasteiger partial charge in [0.05, 0.1) is 5.52 Å². The Bertz CT molecular complexity index is 1260. The first-order valence-corrected chi connectivity index (χ1v) is 8.18. The van der Waals surface area contributed by atoms with E-state index >= 15 is 0 Å². The highest BCUT2D eigenvalue weighted by atomic mass is 16.7. The predicted molar refractivity (Wildman–Crippen MR) is 95.7 cm³/mol. The molecule has 0 amide bonds. The average Bonchev–Trinajstić information content (AvgIpc) is 3.35. The minimum absolute atomic E-state index is 0.0318. The van der Waals surface area contributed by atoms with Gasteiger partial charge in [-0.3, -0.25) is 4.79 Å². The summed E-state index contributed by atoms with van der Waals surface area (Å²) in [6.07, 6.45) is 0. The van der Waals surface area contributed by atoms with Crippen LogP contribution in [-0.2, 0) is 7.05 Å². The third-order valence-electron chi connectivity index (χ3n) is 4.55. The van der Waals surface area contributed by atoms with Crippen LogP contribution in [0.5, 0.6) is 17.2 Å². The second-order valence-electron chi connectivity index (χ2n) is 6.10. The highest BCUT2D eigenvalue weighted by molar-refractivity contribution is 5.90. The number of para-hydroxylation sites is 1. The van der Waals surface area contributed by atoms with Gasteiger partial charge in [0.1, 0.15) is 11.3 Å². The Morgan fingerprint density at radius 2 is 1.93 bits per heavy atom. The number of rotatable bonds is 2. The minimum Gasteiger partial charge on any atom is -0.506 e. The Morgan fingerprint density at radius 1 is 1.11 bits per heavy atom. The second-order valence-corrected chi connectivity index (χ2v) is 6.10. The molecule has 8 heteroatoms. The Morgan fingerprint density at radius 3 is 2.81 bits per heavy atom. The number of aryl methyl sites for hydroxylation is 1. The highest BCUT2D eigenvalue weighted by Crippen LogP contribution is 2.36. The van der Waals surface area contributed by atoms with Crippen LogP contribution in [0.15, 0.2) is 51.8 Å². The number of hydrogen-bond donors (Lipinski definition) is 1. The van der Waals surface area contributed by atoms with E-state index in [1.165, 1.54) is 4.57 Å². The van der Waals surface area contributed by atoms with E-state index in [4.69, 9.17) is 14.0 Å². The summed E-state index contributed by atoms with van der Waals surface area (Å²) >= 11 is 0. The molecule has 0 atom stereocenters. The monoisotopic (exact) mass is 363 g/mol. The number of nitrogens with zero attached hydrogens (tertiary/aromatic N) is 3. The van der Waals surface area contributed by atoms with E-state index in [0.29, 0.717) is 28.0 Å². The number of benzene rings is 2. The van der Waals surface area contributed by atoms with E-state index in [1.54, 1.807) is 49.5 Å². The molecule has 0 spiro atoms. The molecule has 0 unspecified atom stereocenters. The summed E-state index contributed by atoms with van der Waals surface area (Å²) in [6, 6.07) is 12.3. The quantitative estimate of drug-likeness (QED) is 0.584. The van der Waals surface area contributed by atoms with Crippen molar-refractivity contribution in [3.63, 3.8) is 0 Å². The average molecular weight is 363 g/mol. The summed E-state index contributed by atoms with van der Waals surface area (Å²) in [7, 11) is 1.63. The number of aromatic hydroxyl groups is 1. The zero-order valence-corrected chi connectivity index (χ0v) is 14.2. The standard InChI is InChI=1S/C19H13N3O5/c1-22-12-5-3-2-4-11(12)16(23)15(19(22)24)18-20-17(21-27-18)10-6-7-13-14(8-10)26-9-25-13/h2-8,23H,9H2,1H3. The second kappa shape index (κ2) is 5.60. The predicted octanol–water partition coefficient (Wildman–Crippen LogP) is 2.69. The van der Waals surface area contributed by atoms with Crippen molar-refractivity contribution < 1.29 is 19.1 Å². The first-order valence-electron chi connectivity index (χ1n) is 8.18. The topological polar surface area (TPSA) is 99.6 Å². The molecule has 0 saturated heterocycles. The van der Waals surface area contributed by atoms with Crippen molar-refractivity contribution in [2.45, 2.75) is 0 Å². The zero-order chi connectivity index (χ0) is 18.5. The van der Waals surface area contributed by atoms with Crippen LogP contribution in [0, 0.1) is 0 Å². The van der Waals surface area contributed by atoms with Crippen LogP contribution in [0.25, 0.3) is 33.7 Å². The molecule has 1 N–H and O–H groups in total. The molecule has 0 radical (unpaired) electrons. The van der Waals surface area contributed by atoms with Gasteiger partial charge in [-0.2, -0.15) is 4.98 Å². The highest BCUT2D eigenvalue weighted by Gasteiger charge is 2.23.